The first-order valence-corrected chi connectivity index (χ1v) is 7.52. The summed E-state index contributed by atoms with van der Waals surface area (Å²) in [6.07, 6.45) is 3.04. The minimum absolute atomic E-state index is 0.0301. The highest BCUT2D eigenvalue weighted by atomic mass is 16.4. The highest BCUT2D eigenvalue weighted by Crippen LogP contribution is 2.35. The number of phenolic OH excluding ortho intramolecular Hbond substituents is 1. The second kappa shape index (κ2) is 5.79. The lowest BCUT2D eigenvalue weighted by Gasteiger charge is -2.09. The van der Waals surface area contributed by atoms with Crippen LogP contribution in [0, 0.1) is 6.92 Å². The molecular formula is C18H13N3O4. The Kier molecular flexibility index (Phi) is 3.46. The van der Waals surface area contributed by atoms with Gasteiger partial charge in [-0.2, -0.15) is 4.98 Å². The molecule has 0 aliphatic carbocycles. The van der Waals surface area contributed by atoms with Crippen molar-refractivity contribution in [2.45, 2.75) is 6.92 Å². The zero-order valence-electron chi connectivity index (χ0n) is 13.2. The molecule has 0 aliphatic rings. The van der Waals surface area contributed by atoms with Crippen molar-refractivity contribution in [3.63, 3.8) is 0 Å². The van der Waals surface area contributed by atoms with E-state index in [1.807, 2.05) is 0 Å². The molecule has 4 rings (SSSR count). The second-order valence-corrected chi connectivity index (χ2v) is 5.46. The fraction of sp³-hybridized carbons (Fsp3) is 0.0556. The first-order chi connectivity index (χ1) is 12.1. The summed E-state index contributed by atoms with van der Waals surface area (Å²) in [4.78, 5) is 20.5. The fourth-order valence-electron chi connectivity index (χ4n) is 2.50. The number of fused-ring (bicyclic) bond motifs is 1. The summed E-state index contributed by atoms with van der Waals surface area (Å²) in [5.74, 6) is 0.0598. The van der Waals surface area contributed by atoms with Crippen LogP contribution < -0.4 is 5.32 Å². The molecule has 2 N–H and O–H groups in total. The number of nitrogens with one attached hydrogen (secondary N) is 1. The molecule has 0 bridgehead atoms. The number of amides is 1. The Hall–Kier alpha value is -3.61. The normalized spacial score (nSPS) is 10.9. The number of rotatable bonds is 3. The van der Waals surface area contributed by atoms with E-state index in [0.29, 0.717) is 28.0 Å². The van der Waals surface area contributed by atoms with Crippen LogP contribution in [0.5, 0.6) is 5.75 Å². The minimum Gasteiger partial charge on any atom is -0.507 e. The van der Waals surface area contributed by atoms with E-state index >= 15 is 0 Å². The summed E-state index contributed by atoms with van der Waals surface area (Å²) in [6.45, 7) is 1.72. The van der Waals surface area contributed by atoms with Gasteiger partial charge in [-0.25, -0.2) is 4.98 Å². The highest BCUT2D eigenvalue weighted by molar-refractivity contribution is 6.02. The Bertz CT molecular complexity index is 1030. The van der Waals surface area contributed by atoms with Crippen molar-refractivity contribution in [1.29, 1.82) is 0 Å². The Morgan fingerprint density at radius 1 is 1.24 bits per heavy atom. The first kappa shape index (κ1) is 14.9. The Morgan fingerprint density at radius 3 is 2.88 bits per heavy atom. The third-order valence-electron chi connectivity index (χ3n) is 3.70. The zero-order chi connectivity index (χ0) is 17.4. The van der Waals surface area contributed by atoms with Gasteiger partial charge < -0.3 is 19.3 Å². The van der Waals surface area contributed by atoms with Crippen molar-refractivity contribution in [3.05, 3.63) is 60.2 Å². The van der Waals surface area contributed by atoms with Gasteiger partial charge in [0.25, 0.3) is 5.91 Å². The molecule has 0 fully saturated rings. The maximum absolute atomic E-state index is 12.1. The van der Waals surface area contributed by atoms with E-state index in [2.05, 4.69) is 15.3 Å². The number of oxazole rings is 1. The predicted molar refractivity (Wildman–Crippen MR) is 90.3 cm³/mol. The molecule has 0 saturated heterocycles. The number of nitrogens with zero attached hydrogens (tertiary/aromatic N) is 2. The highest BCUT2D eigenvalue weighted by Gasteiger charge is 2.17. The van der Waals surface area contributed by atoms with E-state index in [9.17, 15) is 9.90 Å². The molecule has 4 aromatic rings. The Labute approximate surface area is 141 Å². The molecular weight excluding hydrogens is 322 g/mol. The molecule has 3 heterocycles. The van der Waals surface area contributed by atoms with Gasteiger partial charge in [-0.1, -0.05) is 0 Å². The summed E-state index contributed by atoms with van der Waals surface area (Å²) in [6, 6.07) is 9.92. The van der Waals surface area contributed by atoms with E-state index in [4.69, 9.17) is 8.83 Å². The number of aromatic hydroxyl groups is 1. The average molecular weight is 335 g/mol. The van der Waals surface area contributed by atoms with Crippen molar-refractivity contribution in [2.75, 3.05) is 5.32 Å². The third kappa shape index (κ3) is 2.72. The van der Waals surface area contributed by atoms with E-state index < -0.39 is 0 Å². The average Bonchev–Trinajstić information content (AvgIpc) is 3.26. The van der Waals surface area contributed by atoms with Crippen LogP contribution in [-0.2, 0) is 0 Å². The van der Waals surface area contributed by atoms with E-state index in [0.717, 1.165) is 0 Å². The predicted octanol–water partition coefficient (Wildman–Crippen LogP) is 3.75. The topological polar surface area (TPSA) is 101 Å². The molecule has 0 aliphatic heterocycles. The first-order valence-electron chi connectivity index (χ1n) is 7.52. The standard InChI is InChI=1S/C18H13N3O4/c1-10-8-11(20-17(23)14-5-3-7-24-14)9-12(15(10)22)18-21-16-13(25-18)4-2-6-19-16/h2-9,22H,1H3,(H,20,23). The SMILES string of the molecule is Cc1cc(NC(=O)c2ccco2)cc(-c2nc3ncccc3o2)c1O. The summed E-state index contributed by atoms with van der Waals surface area (Å²) in [7, 11) is 0. The van der Waals surface area contributed by atoms with Crippen LogP contribution in [0.25, 0.3) is 22.7 Å². The molecule has 7 nitrogen and oxygen atoms in total. The fourth-order valence-corrected chi connectivity index (χ4v) is 2.50. The van der Waals surface area contributed by atoms with Crippen LogP contribution in [0.2, 0.25) is 0 Å². The lowest BCUT2D eigenvalue weighted by molar-refractivity contribution is 0.0996. The summed E-state index contributed by atoms with van der Waals surface area (Å²) in [5, 5.41) is 13.1. The number of carbonyl (C=O) groups is 1. The number of hydrogen-bond donors (Lipinski definition) is 2. The molecule has 124 valence electrons. The number of pyridine rings is 1. The van der Waals surface area contributed by atoms with Crippen molar-refractivity contribution in [1.82, 2.24) is 9.97 Å². The minimum atomic E-state index is -0.389. The number of phenols is 1. The van der Waals surface area contributed by atoms with Crippen molar-refractivity contribution in [2.24, 2.45) is 0 Å². The van der Waals surface area contributed by atoms with Crippen LogP contribution in [0.3, 0.4) is 0 Å². The number of carbonyl (C=O) groups excluding carboxylic acids is 1. The van der Waals surface area contributed by atoms with E-state index in [-0.39, 0.29) is 23.3 Å². The lowest BCUT2D eigenvalue weighted by Crippen LogP contribution is -2.11. The smallest absolute Gasteiger partial charge is 0.291 e. The quantitative estimate of drug-likeness (QED) is 0.553. The molecule has 1 aromatic carbocycles. The number of aryl methyl sites for hydroxylation is 1. The summed E-state index contributed by atoms with van der Waals surface area (Å²) >= 11 is 0. The van der Waals surface area contributed by atoms with Gasteiger partial charge in [0.15, 0.2) is 17.0 Å². The number of anilines is 1. The van der Waals surface area contributed by atoms with Gasteiger partial charge >= 0.3 is 0 Å². The Balaban J connectivity index is 1.75. The van der Waals surface area contributed by atoms with E-state index in [1.54, 1.807) is 49.5 Å². The largest absolute Gasteiger partial charge is 0.507 e. The maximum atomic E-state index is 12.1. The number of benzene rings is 1. The number of furan rings is 1. The monoisotopic (exact) mass is 335 g/mol. The van der Waals surface area contributed by atoms with E-state index in [1.165, 1.54) is 6.26 Å². The molecule has 0 spiro atoms. The number of aromatic nitrogens is 2. The van der Waals surface area contributed by atoms with Crippen LogP contribution >= 0.6 is 0 Å². The summed E-state index contributed by atoms with van der Waals surface area (Å²) in [5.41, 5.74) is 2.39. The van der Waals surface area contributed by atoms with Gasteiger partial charge in [-0.15, -0.1) is 0 Å². The molecule has 7 heteroatoms. The third-order valence-corrected chi connectivity index (χ3v) is 3.70. The summed E-state index contributed by atoms with van der Waals surface area (Å²) < 4.78 is 10.7. The molecule has 25 heavy (non-hydrogen) atoms. The zero-order valence-corrected chi connectivity index (χ0v) is 13.2. The van der Waals surface area contributed by atoms with Crippen molar-refractivity contribution < 1.29 is 18.7 Å². The second-order valence-electron chi connectivity index (χ2n) is 5.46. The van der Waals surface area contributed by atoms with Crippen LogP contribution in [0.4, 0.5) is 5.69 Å². The van der Waals surface area contributed by atoms with Crippen molar-refractivity contribution in [3.8, 4) is 17.2 Å². The van der Waals surface area contributed by atoms with Crippen LogP contribution in [-0.4, -0.2) is 21.0 Å². The van der Waals surface area contributed by atoms with Gasteiger partial charge in [0.05, 0.1) is 11.8 Å². The van der Waals surface area contributed by atoms with Gasteiger partial charge in [-0.05, 0) is 48.9 Å². The van der Waals surface area contributed by atoms with Gasteiger partial charge in [-0.3, -0.25) is 4.79 Å². The van der Waals surface area contributed by atoms with Gasteiger partial charge in [0.2, 0.25) is 5.89 Å². The maximum Gasteiger partial charge on any atom is 0.291 e. The van der Waals surface area contributed by atoms with Crippen LogP contribution in [0.15, 0.2) is 57.7 Å². The molecule has 0 saturated carbocycles. The molecule has 0 radical (unpaired) electrons. The molecule has 1 amide bonds. The lowest BCUT2D eigenvalue weighted by atomic mass is 10.1. The molecule has 0 unspecified atom stereocenters. The van der Waals surface area contributed by atoms with Crippen molar-refractivity contribution >= 4 is 22.8 Å². The molecule has 0 atom stereocenters. The molecule has 3 aromatic heterocycles. The Morgan fingerprint density at radius 2 is 2.12 bits per heavy atom. The number of hydrogen-bond acceptors (Lipinski definition) is 6. The van der Waals surface area contributed by atoms with Crippen LogP contribution in [0.1, 0.15) is 16.1 Å². The van der Waals surface area contributed by atoms with Gasteiger partial charge in [0.1, 0.15) is 5.75 Å². The van der Waals surface area contributed by atoms with Gasteiger partial charge in [0, 0.05) is 11.9 Å².